The van der Waals surface area contributed by atoms with Gasteiger partial charge in [0.15, 0.2) is 0 Å². The molecule has 1 aromatic carbocycles. The highest BCUT2D eigenvalue weighted by Crippen LogP contribution is 2.31. The second-order valence-corrected chi connectivity index (χ2v) is 5.64. The Bertz CT molecular complexity index is 377. The summed E-state index contributed by atoms with van der Waals surface area (Å²) in [5, 5.41) is 3.57. The van der Waals surface area contributed by atoms with Crippen LogP contribution in [0.25, 0.3) is 0 Å². The van der Waals surface area contributed by atoms with Crippen LogP contribution in [0.1, 0.15) is 38.7 Å². The smallest absolute Gasteiger partial charge is 0.126 e. The maximum Gasteiger partial charge on any atom is 0.126 e. The molecule has 0 saturated heterocycles. The minimum Gasteiger partial charge on any atom is -0.314 e. The van der Waals surface area contributed by atoms with Crippen molar-refractivity contribution in [3.8, 4) is 0 Å². The van der Waals surface area contributed by atoms with Gasteiger partial charge in [-0.15, -0.1) is 0 Å². The molecule has 3 unspecified atom stereocenters. The molecule has 1 nitrogen and oxygen atoms in total. The minimum absolute atomic E-state index is 0.0500. The largest absolute Gasteiger partial charge is 0.314 e. The van der Waals surface area contributed by atoms with E-state index in [-0.39, 0.29) is 5.82 Å². The number of halogens is 1. The molecule has 0 aromatic heterocycles. The third kappa shape index (κ3) is 3.32. The van der Waals surface area contributed by atoms with E-state index in [1.54, 1.807) is 12.1 Å². The fourth-order valence-electron chi connectivity index (χ4n) is 3.20. The zero-order valence-electron chi connectivity index (χ0n) is 11.5. The van der Waals surface area contributed by atoms with Gasteiger partial charge < -0.3 is 5.32 Å². The van der Waals surface area contributed by atoms with E-state index in [0.29, 0.717) is 12.0 Å². The van der Waals surface area contributed by atoms with Crippen LogP contribution < -0.4 is 5.32 Å². The van der Waals surface area contributed by atoms with E-state index in [4.69, 9.17) is 0 Å². The Morgan fingerprint density at radius 3 is 2.78 bits per heavy atom. The minimum atomic E-state index is -0.0500. The highest BCUT2D eigenvalue weighted by Gasteiger charge is 2.28. The van der Waals surface area contributed by atoms with E-state index in [1.807, 2.05) is 12.1 Å². The zero-order chi connectivity index (χ0) is 13.0. The second kappa shape index (κ2) is 6.33. The average Bonchev–Trinajstić information content (AvgIpc) is 2.36. The zero-order valence-corrected chi connectivity index (χ0v) is 11.5. The van der Waals surface area contributed by atoms with Crippen LogP contribution in [0.2, 0.25) is 0 Å². The highest BCUT2D eigenvalue weighted by atomic mass is 19.1. The van der Waals surface area contributed by atoms with Crippen molar-refractivity contribution in [2.45, 2.75) is 45.6 Å². The lowest BCUT2D eigenvalue weighted by atomic mass is 9.76. The summed E-state index contributed by atoms with van der Waals surface area (Å²) in [6, 6.07) is 7.77. The summed E-state index contributed by atoms with van der Waals surface area (Å²) in [5.74, 6) is 1.30. The standard InChI is InChI=1S/C16H24FN/c1-3-18-16-9-8-12(2)10-14(16)11-13-6-4-5-7-15(13)17/h4-7,12,14,16,18H,3,8-11H2,1-2H3. The third-order valence-corrected chi connectivity index (χ3v) is 4.15. The molecule has 3 atom stereocenters. The Labute approximate surface area is 110 Å². The number of rotatable bonds is 4. The number of hydrogen-bond acceptors (Lipinski definition) is 1. The summed E-state index contributed by atoms with van der Waals surface area (Å²) in [6.45, 7) is 5.47. The van der Waals surface area contributed by atoms with E-state index in [9.17, 15) is 4.39 Å². The van der Waals surface area contributed by atoms with Crippen molar-refractivity contribution in [3.63, 3.8) is 0 Å². The van der Waals surface area contributed by atoms with Crippen molar-refractivity contribution in [1.82, 2.24) is 5.32 Å². The Balaban J connectivity index is 2.06. The Morgan fingerprint density at radius 2 is 2.06 bits per heavy atom. The molecule has 1 aromatic rings. The van der Waals surface area contributed by atoms with Crippen LogP contribution >= 0.6 is 0 Å². The van der Waals surface area contributed by atoms with Gasteiger partial charge in [0.2, 0.25) is 0 Å². The number of hydrogen-bond donors (Lipinski definition) is 1. The van der Waals surface area contributed by atoms with Crippen molar-refractivity contribution in [2.75, 3.05) is 6.54 Å². The van der Waals surface area contributed by atoms with Crippen molar-refractivity contribution in [3.05, 3.63) is 35.6 Å². The van der Waals surface area contributed by atoms with E-state index in [0.717, 1.165) is 24.4 Å². The molecule has 0 spiro atoms. The van der Waals surface area contributed by atoms with Gasteiger partial charge in [-0.05, 0) is 55.7 Å². The van der Waals surface area contributed by atoms with Gasteiger partial charge >= 0.3 is 0 Å². The molecular formula is C16H24FN. The third-order valence-electron chi connectivity index (χ3n) is 4.15. The molecule has 1 aliphatic carbocycles. The molecule has 1 N–H and O–H groups in total. The Kier molecular flexibility index (Phi) is 4.76. The number of nitrogens with one attached hydrogen (secondary N) is 1. The van der Waals surface area contributed by atoms with Crippen LogP contribution in [0.3, 0.4) is 0 Å². The quantitative estimate of drug-likeness (QED) is 0.856. The van der Waals surface area contributed by atoms with Gasteiger partial charge in [-0.1, -0.05) is 32.0 Å². The molecule has 100 valence electrons. The van der Waals surface area contributed by atoms with Gasteiger partial charge in [0.25, 0.3) is 0 Å². The molecule has 0 heterocycles. The van der Waals surface area contributed by atoms with Crippen LogP contribution in [0.5, 0.6) is 0 Å². The lowest BCUT2D eigenvalue weighted by molar-refractivity contribution is 0.213. The van der Waals surface area contributed by atoms with Crippen LogP contribution in [0, 0.1) is 17.7 Å². The van der Waals surface area contributed by atoms with Gasteiger partial charge in [-0.2, -0.15) is 0 Å². The SMILES string of the molecule is CCNC1CCC(C)CC1Cc1ccccc1F. The molecule has 18 heavy (non-hydrogen) atoms. The summed E-state index contributed by atoms with van der Waals surface area (Å²) >= 11 is 0. The van der Waals surface area contributed by atoms with E-state index in [2.05, 4.69) is 19.2 Å². The van der Waals surface area contributed by atoms with Crippen LogP contribution in [-0.2, 0) is 6.42 Å². The van der Waals surface area contributed by atoms with E-state index in [1.165, 1.54) is 19.3 Å². The molecule has 0 radical (unpaired) electrons. The van der Waals surface area contributed by atoms with E-state index < -0.39 is 0 Å². The average molecular weight is 249 g/mol. The summed E-state index contributed by atoms with van der Waals surface area (Å²) in [7, 11) is 0. The topological polar surface area (TPSA) is 12.0 Å². The van der Waals surface area contributed by atoms with Gasteiger partial charge in [0.1, 0.15) is 5.82 Å². The molecular weight excluding hydrogens is 225 g/mol. The lowest BCUT2D eigenvalue weighted by Crippen LogP contribution is -2.41. The van der Waals surface area contributed by atoms with Crippen LogP contribution in [0.4, 0.5) is 4.39 Å². The maximum absolute atomic E-state index is 13.7. The molecule has 0 amide bonds. The molecule has 2 heteroatoms. The predicted octanol–water partition coefficient (Wildman–Crippen LogP) is 3.78. The molecule has 1 fully saturated rings. The molecule has 1 saturated carbocycles. The molecule has 0 aliphatic heterocycles. The molecule has 0 bridgehead atoms. The summed E-state index contributed by atoms with van der Waals surface area (Å²) in [5.41, 5.74) is 0.875. The second-order valence-electron chi connectivity index (χ2n) is 5.64. The predicted molar refractivity (Wildman–Crippen MR) is 74.1 cm³/mol. The molecule has 2 rings (SSSR count). The van der Waals surface area contributed by atoms with Gasteiger partial charge in [-0.3, -0.25) is 0 Å². The van der Waals surface area contributed by atoms with Crippen molar-refractivity contribution < 1.29 is 4.39 Å². The Morgan fingerprint density at radius 1 is 1.28 bits per heavy atom. The summed E-state index contributed by atoms with van der Waals surface area (Å²) in [6.07, 6.45) is 4.61. The highest BCUT2D eigenvalue weighted by molar-refractivity contribution is 5.18. The lowest BCUT2D eigenvalue weighted by Gasteiger charge is -2.35. The number of benzene rings is 1. The van der Waals surface area contributed by atoms with Crippen molar-refractivity contribution in [1.29, 1.82) is 0 Å². The first-order valence-corrected chi connectivity index (χ1v) is 7.17. The monoisotopic (exact) mass is 249 g/mol. The van der Waals surface area contributed by atoms with Gasteiger partial charge in [0.05, 0.1) is 0 Å². The normalized spacial score (nSPS) is 28.3. The maximum atomic E-state index is 13.7. The fourth-order valence-corrected chi connectivity index (χ4v) is 3.20. The first-order chi connectivity index (χ1) is 8.70. The fraction of sp³-hybridized carbons (Fsp3) is 0.625. The van der Waals surface area contributed by atoms with Gasteiger partial charge in [-0.25, -0.2) is 4.39 Å². The van der Waals surface area contributed by atoms with Gasteiger partial charge in [0, 0.05) is 6.04 Å². The first kappa shape index (κ1) is 13.5. The summed E-state index contributed by atoms with van der Waals surface area (Å²) in [4.78, 5) is 0. The molecule has 1 aliphatic rings. The van der Waals surface area contributed by atoms with Crippen LogP contribution in [0.15, 0.2) is 24.3 Å². The van der Waals surface area contributed by atoms with Crippen molar-refractivity contribution >= 4 is 0 Å². The Hall–Kier alpha value is -0.890. The van der Waals surface area contributed by atoms with Crippen molar-refractivity contribution in [2.24, 2.45) is 11.8 Å². The first-order valence-electron chi connectivity index (χ1n) is 7.17. The van der Waals surface area contributed by atoms with Crippen LogP contribution in [-0.4, -0.2) is 12.6 Å². The van der Waals surface area contributed by atoms with E-state index >= 15 is 0 Å². The summed E-state index contributed by atoms with van der Waals surface area (Å²) < 4.78 is 13.7.